The van der Waals surface area contributed by atoms with Crippen LogP contribution in [0.4, 0.5) is 5.69 Å². The van der Waals surface area contributed by atoms with E-state index in [1.807, 2.05) is 18.2 Å². The summed E-state index contributed by atoms with van der Waals surface area (Å²) in [6, 6.07) is 14.2. The molecule has 0 bridgehead atoms. The molecule has 6 nitrogen and oxygen atoms in total. The van der Waals surface area contributed by atoms with Gasteiger partial charge in [-0.15, -0.1) is 0 Å². The van der Waals surface area contributed by atoms with Crippen LogP contribution in [-0.2, 0) is 11.2 Å². The minimum absolute atomic E-state index is 0.0571. The second-order valence-electron chi connectivity index (χ2n) is 7.79. The first-order valence-corrected chi connectivity index (χ1v) is 9.78. The highest BCUT2D eigenvalue weighted by molar-refractivity contribution is 5.39. The minimum Gasteiger partial charge on any atom is -0.457 e. The molecule has 0 aliphatic carbocycles. The fourth-order valence-electron chi connectivity index (χ4n) is 3.85. The number of non-ortho nitro benzene ring substituents is 1. The molecule has 28 heavy (non-hydrogen) atoms. The van der Waals surface area contributed by atoms with Gasteiger partial charge in [-0.25, -0.2) is 0 Å². The van der Waals surface area contributed by atoms with Crippen LogP contribution in [0.5, 0.6) is 11.5 Å². The number of benzene rings is 2. The molecule has 0 radical (unpaired) electrons. The molecule has 1 aliphatic heterocycles. The molecule has 3 unspecified atom stereocenters. The van der Waals surface area contributed by atoms with E-state index in [0.29, 0.717) is 11.7 Å². The van der Waals surface area contributed by atoms with Crippen molar-refractivity contribution in [3.8, 4) is 11.5 Å². The van der Waals surface area contributed by atoms with Gasteiger partial charge < -0.3 is 9.47 Å². The molecule has 1 saturated heterocycles. The van der Waals surface area contributed by atoms with E-state index in [9.17, 15) is 10.1 Å². The third-order valence-corrected chi connectivity index (χ3v) is 4.83. The van der Waals surface area contributed by atoms with Gasteiger partial charge in [0.05, 0.1) is 17.1 Å². The second-order valence-corrected chi connectivity index (χ2v) is 7.79. The van der Waals surface area contributed by atoms with Crippen LogP contribution >= 0.6 is 0 Å². The average Bonchev–Trinajstić information content (AvgIpc) is 2.61. The maximum Gasteiger partial charge on any atom is 0.269 e. The minimum atomic E-state index is -0.415. The molecule has 150 valence electrons. The fraction of sp³-hybridized carbons (Fsp3) is 0.455. The number of nitrogens with zero attached hydrogens (tertiary/aromatic N) is 2. The van der Waals surface area contributed by atoms with Crippen LogP contribution in [0, 0.1) is 16.0 Å². The highest BCUT2D eigenvalue weighted by atomic mass is 16.6. The monoisotopic (exact) mass is 384 g/mol. The van der Waals surface area contributed by atoms with Gasteiger partial charge >= 0.3 is 0 Å². The quantitative estimate of drug-likeness (QED) is 0.512. The van der Waals surface area contributed by atoms with Gasteiger partial charge in [-0.1, -0.05) is 19.1 Å². The van der Waals surface area contributed by atoms with Crippen LogP contribution in [0.25, 0.3) is 0 Å². The lowest BCUT2D eigenvalue weighted by atomic mass is 10.00. The highest BCUT2D eigenvalue weighted by Gasteiger charge is 2.23. The molecule has 0 saturated carbocycles. The summed E-state index contributed by atoms with van der Waals surface area (Å²) in [4.78, 5) is 12.8. The van der Waals surface area contributed by atoms with Gasteiger partial charge in [0.25, 0.3) is 5.69 Å². The third-order valence-electron chi connectivity index (χ3n) is 4.83. The van der Waals surface area contributed by atoms with Gasteiger partial charge in [0.15, 0.2) is 0 Å². The summed E-state index contributed by atoms with van der Waals surface area (Å²) < 4.78 is 11.7. The van der Waals surface area contributed by atoms with Crippen LogP contribution < -0.4 is 4.74 Å². The molecular formula is C22H28N2O4. The van der Waals surface area contributed by atoms with Gasteiger partial charge in [-0.2, -0.15) is 0 Å². The number of hydrogen-bond acceptors (Lipinski definition) is 5. The Morgan fingerprint density at radius 2 is 1.82 bits per heavy atom. The zero-order valence-electron chi connectivity index (χ0n) is 16.7. The lowest BCUT2D eigenvalue weighted by molar-refractivity contribution is -0.384. The van der Waals surface area contributed by atoms with Crippen molar-refractivity contribution < 1.29 is 14.4 Å². The number of hydrogen-bond donors (Lipinski definition) is 0. The Morgan fingerprint density at radius 1 is 1.14 bits per heavy atom. The summed E-state index contributed by atoms with van der Waals surface area (Å²) in [6.07, 6.45) is 1.54. The topological polar surface area (TPSA) is 64.8 Å². The summed E-state index contributed by atoms with van der Waals surface area (Å²) in [7, 11) is 0. The number of morpholine rings is 1. The largest absolute Gasteiger partial charge is 0.457 e. The molecular weight excluding hydrogens is 356 g/mol. The first kappa shape index (κ1) is 20.3. The van der Waals surface area contributed by atoms with E-state index in [-0.39, 0.29) is 17.9 Å². The van der Waals surface area contributed by atoms with Crippen molar-refractivity contribution in [2.75, 3.05) is 19.6 Å². The number of ether oxygens (including phenoxy) is 2. The van der Waals surface area contributed by atoms with Crippen molar-refractivity contribution in [1.29, 1.82) is 0 Å². The van der Waals surface area contributed by atoms with E-state index >= 15 is 0 Å². The van der Waals surface area contributed by atoms with E-state index in [0.717, 1.165) is 31.8 Å². The van der Waals surface area contributed by atoms with Gasteiger partial charge in [-0.05, 0) is 56.0 Å². The maximum absolute atomic E-state index is 10.8. The van der Waals surface area contributed by atoms with Crippen molar-refractivity contribution in [2.45, 2.75) is 39.4 Å². The van der Waals surface area contributed by atoms with Crippen LogP contribution in [0.2, 0.25) is 0 Å². The molecule has 0 N–H and O–H groups in total. The normalized spacial score (nSPS) is 21.2. The average molecular weight is 384 g/mol. The smallest absolute Gasteiger partial charge is 0.269 e. The third kappa shape index (κ3) is 5.78. The number of nitro benzene ring substituents is 1. The van der Waals surface area contributed by atoms with E-state index in [1.54, 1.807) is 12.1 Å². The second kappa shape index (κ2) is 9.17. The lowest BCUT2D eigenvalue weighted by Crippen LogP contribution is -2.47. The first-order chi connectivity index (χ1) is 13.4. The van der Waals surface area contributed by atoms with Crippen molar-refractivity contribution in [3.63, 3.8) is 0 Å². The van der Waals surface area contributed by atoms with Gasteiger partial charge in [0.2, 0.25) is 0 Å². The maximum atomic E-state index is 10.8. The van der Waals surface area contributed by atoms with E-state index in [1.165, 1.54) is 17.7 Å². The molecule has 0 aromatic heterocycles. The summed E-state index contributed by atoms with van der Waals surface area (Å²) in [5.41, 5.74) is 1.28. The number of rotatable bonds is 7. The predicted molar refractivity (Wildman–Crippen MR) is 109 cm³/mol. The number of nitro groups is 1. The molecule has 1 heterocycles. The van der Waals surface area contributed by atoms with E-state index < -0.39 is 4.92 Å². The van der Waals surface area contributed by atoms with E-state index in [4.69, 9.17) is 9.47 Å². The fourth-order valence-corrected chi connectivity index (χ4v) is 3.85. The Kier molecular flexibility index (Phi) is 6.65. The summed E-state index contributed by atoms with van der Waals surface area (Å²) in [6.45, 7) is 9.55. The molecule has 2 aromatic rings. The Balaban J connectivity index is 1.57. The lowest BCUT2D eigenvalue weighted by Gasteiger charge is -2.36. The van der Waals surface area contributed by atoms with Crippen LogP contribution in [0.15, 0.2) is 48.5 Å². The molecule has 6 heteroatoms. The van der Waals surface area contributed by atoms with Crippen molar-refractivity contribution >= 4 is 5.69 Å². The Morgan fingerprint density at radius 3 is 2.46 bits per heavy atom. The zero-order valence-corrected chi connectivity index (χ0v) is 16.7. The van der Waals surface area contributed by atoms with E-state index in [2.05, 4.69) is 31.7 Å². The molecule has 2 aromatic carbocycles. The summed E-state index contributed by atoms with van der Waals surface area (Å²) >= 11 is 0. The van der Waals surface area contributed by atoms with Crippen LogP contribution in [0.1, 0.15) is 26.3 Å². The SMILES string of the molecule is CC(Cc1cccc(Oc2ccc([N+](=O)[O-])cc2)c1)CN1CC(C)OC(C)C1. The van der Waals surface area contributed by atoms with Crippen LogP contribution in [-0.4, -0.2) is 41.7 Å². The molecule has 0 spiro atoms. The van der Waals surface area contributed by atoms with Crippen molar-refractivity contribution in [1.82, 2.24) is 4.90 Å². The Hall–Kier alpha value is -2.44. The highest BCUT2D eigenvalue weighted by Crippen LogP contribution is 2.25. The molecule has 3 rings (SSSR count). The molecule has 1 fully saturated rings. The van der Waals surface area contributed by atoms with Crippen LogP contribution in [0.3, 0.4) is 0 Å². The van der Waals surface area contributed by atoms with Crippen molar-refractivity contribution in [3.05, 3.63) is 64.2 Å². The first-order valence-electron chi connectivity index (χ1n) is 9.78. The standard InChI is InChI=1S/C22H28N2O4/c1-16(13-23-14-17(2)27-18(3)15-23)11-19-5-4-6-22(12-19)28-21-9-7-20(8-10-21)24(25)26/h4-10,12,16-18H,11,13-15H2,1-3H3. The van der Waals surface area contributed by atoms with Gasteiger partial charge in [0, 0.05) is 31.8 Å². The summed E-state index contributed by atoms with van der Waals surface area (Å²) in [5.74, 6) is 1.85. The zero-order chi connectivity index (χ0) is 20.1. The van der Waals surface area contributed by atoms with Crippen molar-refractivity contribution in [2.24, 2.45) is 5.92 Å². The van der Waals surface area contributed by atoms with Gasteiger partial charge in [0.1, 0.15) is 11.5 Å². The molecule has 1 aliphatic rings. The Bertz CT molecular complexity index is 783. The Labute approximate surface area is 166 Å². The molecule has 0 amide bonds. The van der Waals surface area contributed by atoms with Gasteiger partial charge in [-0.3, -0.25) is 15.0 Å². The predicted octanol–water partition coefficient (Wildman–Crippen LogP) is 4.67. The molecule has 3 atom stereocenters. The summed E-state index contributed by atoms with van der Waals surface area (Å²) in [5, 5.41) is 10.8.